The number of para-hydroxylation sites is 1. The van der Waals surface area contributed by atoms with Gasteiger partial charge in [0.15, 0.2) is 4.87 Å². The summed E-state index contributed by atoms with van der Waals surface area (Å²) in [4.78, 5) is 26.3. The number of halogens is 4. The summed E-state index contributed by atoms with van der Waals surface area (Å²) in [6, 6.07) is 9.41. The number of carbonyl (C=O) groups is 2. The van der Waals surface area contributed by atoms with E-state index < -0.39 is 34.9 Å². The van der Waals surface area contributed by atoms with Gasteiger partial charge in [-0.05, 0) is 36.2 Å². The SMILES string of the molecule is O=C1CCC2(C(=O)NCc3ccc(F)cc3C(F)(F)F)Sc3ccccc3N12. The molecule has 28 heavy (non-hydrogen) atoms. The van der Waals surface area contributed by atoms with Crippen LogP contribution in [0.5, 0.6) is 0 Å². The van der Waals surface area contributed by atoms with Crippen molar-refractivity contribution >= 4 is 29.3 Å². The Bertz CT molecular complexity index is 979. The summed E-state index contributed by atoms with van der Waals surface area (Å²) in [5.41, 5.74) is -0.745. The Labute approximate surface area is 161 Å². The first-order valence-corrected chi connectivity index (χ1v) is 9.29. The molecule has 2 heterocycles. The molecule has 4 nitrogen and oxygen atoms in total. The third kappa shape index (κ3) is 2.94. The van der Waals surface area contributed by atoms with Gasteiger partial charge in [0.2, 0.25) is 5.91 Å². The van der Waals surface area contributed by atoms with Crippen LogP contribution in [0.25, 0.3) is 0 Å². The standard InChI is InChI=1S/C19H14F4N2O2S/c20-12-6-5-11(13(9-12)19(21,22)23)10-24-17(27)18-8-7-16(26)25(18)14-3-1-2-4-15(14)28-18/h1-6,9H,7-8,10H2,(H,24,27). The molecule has 4 rings (SSSR count). The fourth-order valence-electron chi connectivity index (χ4n) is 3.58. The average molecular weight is 410 g/mol. The second kappa shape index (κ2) is 6.51. The normalized spacial score (nSPS) is 20.9. The van der Waals surface area contributed by atoms with Gasteiger partial charge >= 0.3 is 6.18 Å². The van der Waals surface area contributed by atoms with Crippen molar-refractivity contribution in [3.8, 4) is 0 Å². The Morgan fingerprint density at radius 1 is 1.21 bits per heavy atom. The average Bonchev–Trinajstić information content (AvgIpc) is 3.15. The molecule has 2 aliphatic rings. The van der Waals surface area contributed by atoms with Crippen LogP contribution in [0.15, 0.2) is 47.4 Å². The van der Waals surface area contributed by atoms with Crippen molar-refractivity contribution in [3.63, 3.8) is 0 Å². The van der Waals surface area contributed by atoms with Gasteiger partial charge in [-0.1, -0.05) is 30.0 Å². The molecule has 1 unspecified atom stereocenters. The maximum atomic E-state index is 13.3. The van der Waals surface area contributed by atoms with Crippen LogP contribution >= 0.6 is 11.8 Å². The van der Waals surface area contributed by atoms with Crippen LogP contribution in [0.1, 0.15) is 24.0 Å². The molecule has 2 amide bonds. The van der Waals surface area contributed by atoms with Gasteiger partial charge in [0.1, 0.15) is 5.82 Å². The van der Waals surface area contributed by atoms with Gasteiger partial charge in [-0.15, -0.1) is 0 Å². The number of anilines is 1. The zero-order valence-corrected chi connectivity index (χ0v) is 15.2. The van der Waals surface area contributed by atoms with E-state index in [0.29, 0.717) is 11.8 Å². The summed E-state index contributed by atoms with van der Waals surface area (Å²) in [5, 5.41) is 2.51. The van der Waals surface area contributed by atoms with Crippen molar-refractivity contribution in [1.82, 2.24) is 5.32 Å². The fraction of sp³-hybridized carbons (Fsp3) is 0.263. The van der Waals surface area contributed by atoms with Crippen LogP contribution < -0.4 is 10.2 Å². The van der Waals surface area contributed by atoms with E-state index in [9.17, 15) is 27.2 Å². The summed E-state index contributed by atoms with van der Waals surface area (Å²) in [6.07, 6.45) is -4.31. The lowest BCUT2D eigenvalue weighted by atomic mass is 10.1. The molecule has 1 fully saturated rings. The van der Waals surface area contributed by atoms with Crippen molar-refractivity contribution in [2.75, 3.05) is 4.90 Å². The maximum Gasteiger partial charge on any atom is 0.416 e. The molecule has 0 bridgehead atoms. The number of benzene rings is 2. The first kappa shape index (κ1) is 18.8. The van der Waals surface area contributed by atoms with Crippen LogP contribution in [0.4, 0.5) is 23.2 Å². The Kier molecular flexibility index (Phi) is 4.37. The summed E-state index contributed by atoms with van der Waals surface area (Å²) in [7, 11) is 0. The minimum Gasteiger partial charge on any atom is -0.349 e. The Balaban J connectivity index is 1.60. The number of amides is 2. The quantitative estimate of drug-likeness (QED) is 0.776. The number of rotatable bonds is 3. The smallest absolute Gasteiger partial charge is 0.349 e. The van der Waals surface area contributed by atoms with Crippen molar-refractivity contribution in [1.29, 1.82) is 0 Å². The van der Waals surface area contributed by atoms with Gasteiger partial charge in [0.05, 0.1) is 11.3 Å². The van der Waals surface area contributed by atoms with Crippen LogP contribution in [0.2, 0.25) is 0 Å². The molecule has 2 aromatic carbocycles. The van der Waals surface area contributed by atoms with E-state index in [4.69, 9.17) is 0 Å². The summed E-state index contributed by atoms with van der Waals surface area (Å²) >= 11 is 1.22. The molecule has 0 aliphatic carbocycles. The van der Waals surface area contributed by atoms with Crippen LogP contribution in [0.3, 0.4) is 0 Å². The maximum absolute atomic E-state index is 13.3. The van der Waals surface area contributed by atoms with E-state index in [0.717, 1.165) is 17.0 Å². The molecule has 1 N–H and O–H groups in total. The molecule has 2 aromatic rings. The molecule has 9 heteroatoms. The molecule has 0 aromatic heterocycles. The van der Waals surface area contributed by atoms with Gasteiger partial charge < -0.3 is 5.32 Å². The number of thioether (sulfide) groups is 1. The lowest BCUT2D eigenvalue weighted by Gasteiger charge is -2.29. The lowest BCUT2D eigenvalue weighted by Crippen LogP contribution is -2.52. The molecule has 1 saturated heterocycles. The Hall–Kier alpha value is -2.55. The van der Waals surface area contributed by atoms with E-state index in [1.807, 2.05) is 0 Å². The van der Waals surface area contributed by atoms with Crippen molar-refractivity contribution < 1.29 is 27.2 Å². The summed E-state index contributed by atoms with van der Waals surface area (Å²) in [5.74, 6) is -1.75. The predicted octanol–water partition coefficient (Wildman–Crippen LogP) is 4.09. The molecule has 2 aliphatic heterocycles. The van der Waals surface area contributed by atoms with Gasteiger partial charge in [0, 0.05) is 17.9 Å². The van der Waals surface area contributed by atoms with E-state index >= 15 is 0 Å². The number of carbonyl (C=O) groups excluding carboxylic acids is 2. The second-order valence-corrected chi connectivity index (χ2v) is 7.88. The molecular weight excluding hydrogens is 396 g/mol. The van der Waals surface area contributed by atoms with Crippen molar-refractivity contribution in [3.05, 3.63) is 59.4 Å². The monoisotopic (exact) mass is 410 g/mol. The zero-order valence-electron chi connectivity index (χ0n) is 14.3. The molecule has 146 valence electrons. The third-order valence-electron chi connectivity index (χ3n) is 4.84. The number of fused-ring (bicyclic) bond motifs is 3. The van der Waals surface area contributed by atoms with Crippen molar-refractivity contribution in [2.45, 2.75) is 35.3 Å². The number of hydrogen-bond acceptors (Lipinski definition) is 3. The topological polar surface area (TPSA) is 49.4 Å². The predicted molar refractivity (Wildman–Crippen MR) is 95.0 cm³/mol. The largest absolute Gasteiger partial charge is 0.416 e. The fourth-order valence-corrected chi connectivity index (χ4v) is 5.01. The Morgan fingerprint density at radius 2 is 1.96 bits per heavy atom. The first-order valence-electron chi connectivity index (χ1n) is 8.47. The molecule has 1 atom stereocenters. The van der Waals surface area contributed by atoms with Crippen LogP contribution in [0, 0.1) is 5.82 Å². The van der Waals surface area contributed by atoms with Gasteiger partial charge in [-0.2, -0.15) is 13.2 Å². The van der Waals surface area contributed by atoms with Crippen molar-refractivity contribution in [2.24, 2.45) is 0 Å². The van der Waals surface area contributed by atoms with E-state index in [-0.39, 0.29) is 24.3 Å². The number of nitrogens with zero attached hydrogens (tertiary/aromatic N) is 1. The van der Waals surface area contributed by atoms with Gasteiger partial charge in [-0.3, -0.25) is 14.5 Å². The van der Waals surface area contributed by atoms with E-state index in [1.165, 1.54) is 16.7 Å². The number of alkyl halides is 3. The highest BCUT2D eigenvalue weighted by Crippen LogP contribution is 2.55. The highest BCUT2D eigenvalue weighted by atomic mass is 32.2. The lowest BCUT2D eigenvalue weighted by molar-refractivity contribution is -0.138. The van der Waals surface area contributed by atoms with Gasteiger partial charge in [0.25, 0.3) is 5.91 Å². The number of nitrogens with one attached hydrogen (secondary N) is 1. The van der Waals surface area contributed by atoms with Crippen LogP contribution in [-0.4, -0.2) is 16.7 Å². The number of hydrogen-bond donors (Lipinski definition) is 1. The Morgan fingerprint density at radius 3 is 2.71 bits per heavy atom. The molecule has 0 spiro atoms. The minimum absolute atomic E-state index is 0.180. The first-order chi connectivity index (χ1) is 13.2. The summed E-state index contributed by atoms with van der Waals surface area (Å²) in [6.45, 7) is -0.422. The zero-order chi connectivity index (χ0) is 20.1. The van der Waals surface area contributed by atoms with E-state index in [2.05, 4.69) is 5.32 Å². The van der Waals surface area contributed by atoms with Crippen LogP contribution in [-0.2, 0) is 22.3 Å². The summed E-state index contributed by atoms with van der Waals surface area (Å²) < 4.78 is 52.7. The van der Waals surface area contributed by atoms with E-state index in [1.54, 1.807) is 24.3 Å². The third-order valence-corrected chi connectivity index (χ3v) is 6.32. The molecule has 0 saturated carbocycles. The highest BCUT2D eigenvalue weighted by Gasteiger charge is 2.57. The second-order valence-electron chi connectivity index (χ2n) is 6.57. The molecule has 0 radical (unpaired) electrons. The minimum atomic E-state index is -4.74. The molecular formula is C19H14F4N2O2S. The highest BCUT2D eigenvalue weighted by molar-refractivity contribution is 8.02. The van der Waals surface area contributed by atoms with Gasteiger partial charge in [-0.25, -0.2) is 4.39 Å².